The lowest BCUT2D eigenvalue weighted by atomic mass is 9.73. The molecular formula is C22H22N6O. The number of rotatable bonds is 5. The van der Waals surface area contributed by atoms with Crippen molar-refractivity contribution in [1.82, 2.24) is 25.1 Å². The van der Waals surface area contributed by atoms with Gasteiger partial charge in [-0.2, -0.15) is 4.98 Å². The Labute approximate surface area is 169 Å². The first-order valence-electron chi connectivity index (χ1n) is 9.41. The lowest BCUT2D eigenvalue weighted by Crippen LogP contribution is -2.30. The highest BCUT2D eigenvalue weighted by atomic mass is 16.5. The molecule has 3 heterocycles. The van der Waals surface area contributed by atoms with Crippen molar-refractivity contribution in [3.05, 3.63) is 72.6 Å². The normalized spacial score (nSPS) is 13.4. The molecule has 0 bridgehead atoms. The van der Waals surface area contributed by atoms with Gasteiger partial charge in [0.2, 0.25) is 17.7 Å². The molecule has 146 valence electrons. The second kappa shape index (κ2) is 7.43. The first-order chi connectivity index (χ1) is 14.0. The van der Waals surface area contributed by atoms with Gasteiger partial charge in [0.15, 0.2) is 0 Å². The van der Waals surface area contributed by atoms with Gasteiger partial charge in [-0.25, -0.2) is 9.97 Å². The molecule has 0 aliphatic carbocycles. The summed E-state index contributed by atoms with van der Waals surface area (Å²) in [5, 5.41) is 4.18. The van der Waals surface area contributed by atoms with Gasteiger partial charge in [0.05, 0.1) is 5.41 Å². The number of nitrogens with zero attached hydrogens (tertiary/aromatic N) is 5. The fraction of sp³-hybridized carbons (Fsp3) is 0.227. The molecule has 4 rings (SSSR count). The third kappa shape index (κ3) is 3.47. The molecule has 0 saturated carbocycles. The first-order valence-corrected chi connectivity index (χ1v) is 9.41. The van der Waals surface area contributed by atoms with E-state index in [1.807, 2.05) is 24.3 Å². The van der Waals surface area contributed by atoms with Gasteiger partial charge < -0.3 is 10.3 Å². The van der Waals surface area contributed by atoms with Crippen molar-refractivity contribution in [1.29, 1.82) is 0 Å². The van der Waals surface area contributed by atoms with Gasteiger partial charge >= 0.3 is 0 Å². The van der Waals surface area contributed by atoms with Crippen LogP contribution in [-0.2, 0) is 5.41 Å². The summed E-state index contributed by atoms with van der Waals surface area (Å²) in [7, 11) is 0. The van der Waals surface area contributed by atoms with Crippen LogP contribution < -0.4 is 5.73 Å². The van der Waals surface area contributed by atoms with E-state index in [-0.39, 0.29) is 11.9 Å². The molecule has 0 radical (unpaired) electrons. The highest BCUT2D eigenvalue weighted by Gasteiger charge is 2.38. The summed E-state index contributed by atoms with van der Waals surface area (Å²) in [6, 6.07) is 12.0. The molecule has 3 aromatic heterocycles. The number of anilines is 1. The smallest absolute Gasteiger partial charge is 0.237 e. The SMILES string of the molecule is CC(C)C(C)(c1ccc(-c2cnc(N)nc2)cc1)c1nc(-c2cccnc2)no1. The molecule has 7 heteroatoms. The van der Waals surface area contributed by atoms with E-state index in [9.17, 15) is 0 Å². The zero-order chi connectivity index (χ0) is 20.4. The molecule has 0 spiro atoms. The maximum Gasteiger partial charge on any atom is 0.237 e. The number of nitrogens with two attached hydrogens (primary N) is 1. The second-order valence-electron chi connectivity index (χ2n) is 7.43. The molecule has 4 aromatic rings. The first kappa shape index (κ1) is 18.7. The van der Waals surface area contributed by atoms with E-state index in [0.717, 1.165) is 22.3 Å². The molecule has 2 N–H and O–H groups in total. The molecule has 1 unspecified atom stereocenters. The Morgan fingerprint density at radius 2 is 1.66 bits per heavy atom. The molecule has 0 amide bonds. The monoisotopic (exact) mass is 386 g/mol. The van der Waals surface area contributed by atoms with Gasteiger partial charge in [0.25, 0.3) is 0 Å². The van der Waals surface area contributed by atoms with Crippen LogP contribution in [0.1, 0.15) is 32.2 Å². The Hall–Kier alpha value is -3.61. The van der Waals surface area contributed by atoms with Gasteiger partial charge in [-0.15, -0.1) is 0 Å². The summed E-state index contributed by atoms with van der Waals surface area (Å²) in [5.41, 5.74) is 8.98. The van der Waals surface area contributed by atoms with Gasteiger partial charge in [0, 0.05) is 35.9 Å². The van der Waals surface area contributed by atoms with Crippen LogP contribution >= 0.6 is 0 Å². The third-order valence-electron chi connectivity index (χ3n) is 5.43. The third-order valence-corrected chi connectivity index (χ3v) is 5.43. The second-order valence-corrected chi connectivity index (χ2v) is 7.43. The highest BCUT2D eigenvalue weighted by molar-refractivity contribution is 5.62. The van der Waals surface area contributed by atoms with E-state index in [1.54, 1.807) is 24.8 Å². The zero-order valence-corrected chi connectivity index (χ0v) is 16.6. The standard InChI is InChI=1S/C22H22N6O/c1-14(2)22(3,20-27-19(28-29-20)16-5-4-10-24-11-16)18-8-6-15(7-9-18)17-12-25-21(23)26-13-17/h4-14H,1-3H3,(H2,23,25,26). The van der Waals surface area contributed by atoms with Crippen LogP contribution in [0.4, 0.5) is 5.95 Å². The molecule has 1 atom stereocenters. The van der Waals surface area contributed by atoms with Crippen molar-refractivity contribution in [3.8, 4) is 22.5 Å². The Kier molecular flexibility index (Phi) is 4.80. The van der Waals surface area contributed by atoms with E-state index in [1.165, 1.54) is 0 Å². The summed E-state index contributed by atoms with van der Waals surface area (Å²) >= 11 is 0. The van der Waals surface area contributed by atoms with Gasteiger partial charge in [-0.1, -0.05) is 43.3 Å². The fourth-order valence-electron chi connectivity index (χ4n) is 3.25. The Bertz CT molecular complexity index is 1090. The maximum absolute atomic E-state index is 5.71. The van der Waals surface area contributed by atoms with E-state index in [4.69, 9.17) is 10.3 Å². The van der Waals surface area contributed by atoms with Crippen molar-refractivity contribution < 1.29 is 4.52 Å². The lowest BCUT2D eigenvalue weighted by molar-refractivity contribution is 0.273. The summed E-state index contributed by atoms with van der Waals surface area (Å²) in [5.74, 6) is 1.61. The Morgan fingerprint density at radius 3 is 2.28 bits per heavy atom. The van der Waals surface area contributed by atoms with Crippen LogP contribution in [0.25, 0.3) is 22.5 Å². The van der Waals surface area contributed by atoms with Crippen molar-refractivity contribution in [2.45, 2.75) is 26.2 Å². The molecule has 7 nitrogen and oxygen atoms in total. The molecule has 0 aliphatic rings. The van der Waals surface area contributed by atoms with Crippen LogP contribution in [0, 0.1) is 5.92 Å². The average molecular weight is 386 g/mol. The minimum Gasteiger partial charge on any atom is -0.368 e. The summed E-state index contributed by atoms with van der Waals surface area (Å²) in [6.07, 6.45) is 6.88. The number of benzene rings is 1. The van der Waals surface area contributed by atoms with Gasteiger partial charge in [-0.05, 0) is 36.1 Å². The van der Waals surface area contributed by atoms with Crippen molar-refractivity contribution in [2.24, 2.45) is 5.92 Å². The summed E-state index contributed by atoms with van der Waals surface area (Å²) in [6.45, 7) is 6.42. The number of pyridine rings is 1. The average Bonchev–Trinajstić information content (AvgIpc) is 3.25. The number of aromatic nitrogens is 5. The Balaban J connectivity index is 1.70. The topological polar surface area (TPSA) is 104 Å². The van der Waals surface area contributed by atoms with Crippen LogP contribution in [0.5, 0.6) is 0 Å². The van der Waals surface area contributed by atoms with Crippen LogP contribution in [0.15, 0.2) is 65.7 Å². The predicted molar refractivity (Wildman–Crippen MR) is 111 cm³/mol. The highest BCUT2D eigenvalue weighted by Crippen LogP contribution is 2.39. The molecular weight excluding hydrogens is 364 g/mol. The summed E-state index contributed by atoms with van der Waals surface area (Å²) in [4.78, 5) is 16.9. The van der Waals surface area contributed by atoms with Crippen LogP contribution in [0.2, 0.25) is 0 Å². The Morgan fingerprint density at radius 1 is 0.931 bits per heavy atom. The van der Waals surface area contributed by atoms with E-state index < -0.39 is 5.41 Å². The van der Waals surface area contributed by atoms with Gasteiger partial charge in [0.1, 0.15) is 0 Å². The van der Waals surface area contributed by atoms with Crippen LogP contribution in [0.3, 0.4) is 0 Å². The van der Waals surface area contributed by atoms with E-state index >= 15 is 0 Å². The zero-order valence-electron chi connectivity index (χ0n) is 16.6. The number of nitrogen functional groups attached to an aromatic ring is 1. The van der Waals surface area contributed by atoms with E-state index in [2.05, 4.69) is 58.0 Å². The molecule has 29 heavy (non-hydrogen) atoms. The quantitative estimate of drug-likeness (QED) is 0.550. The molecule has 1 aromatic carbocycles. The number of hydrogen-bond donors (Lipinski definition) is 1. The summed E-state index contributed by atoms with van der Waals surface area (Å²) < 4.78 is 5.71. The molecule has 0 fully saturated rings. The van der Waals surface area contributed by atoms with Crippen molar-refractivity contribution in [2.75, 3.05) is 5.73 Å². The van der Waals surface area contributed by atoms with E-state index in [0.29, 0.717) is 11.7 Å². The maximum atomic E-state index is 5.71. The largest absolute Gasteiger partial charge is 0.368 e. The predicted octanol–water partition coefficient (Wildman–Crippen LogP) is 4.13. The minimum atomic E-state index is -0.441. The molecule has 0 aliphatic heterocycles. The fourth-order valence-corrected chi connectivity index (χ4v) is 3.25. The van der Waals surface area contributed by atoms with Gasteiger partial charge in [-0.3, -0.25) is 4.98 Å². The van der Waals surface area contributed by atoms with Crippen molar-refractivity contribution in [3.63, 3.8) is 0 Å². The lowest BCUT2D eigenvalue weighted by Gasteiger charge is -2.30. The van der Waals surface area contributed by atoms with Crippen LogP contribution in [-0.4, -0.2) is 25.1 Å². The molecule has 0 saturated heterocycles. The minimum absolute atomic E-state index is 0.232. The van der Waals surface area contributed by atoms with Crippen molar-refractivity contribution >= 4 is 5.95 Å². The number of hydrogen-bond acceptors (Lipinski definition) is 7.